The van der Waals surface area contributed by atoms with Crippen LogP contribution in [0.2, 0.25) is 0 Å². The average molecular weight is 294 g/mol. The van der Waals surface area contributed by atoms with Crippen LogP contribution >= 0.6 is 0 Å². The number of hydrogen-bond donors (Lipinski definition) is 1. The molecule has 0 unspecified atom stereocenters. The second-order valence-corrected chi connectivity index (χ2v) is 5.74. The van der Waals surface area contributed by atoms with E-state index in [-0.39, 0.29) is 30.7 Å². The number of nitrogens with zero attached hydrogens (tertiary/aromatic N) is 2. The number of amides is 1. The molecule has 1 heterocycles. The van der Waals surface area contributed by atoms with E-state index in [1.807, 2.05) is 7.05 Å². The van der Waals surface area contributed by atoms with Crippen molar-refractivity contribution >= 4 is 5.91 Å². The van der Waals surface area contributed by atoms with E-state index in [2.05, 4.69) is 4.90 Å². The fraction of sp³-hybridized carbons (Fsp3) is 0.562. The fourth-order valence-electron chi connectivity index (χ4n) is 2.81. The van der Waals surface area contributed by atoms with E-state index in [0.29, 0.717) is 0 Å². The minimum Gasteiger partial charge on any atom is -0.395 e. The molecule has 1 saturated heterocycles. The number of likely N-dealkylation sites (tertiary alicyclic amines) is 1. The molecule has 0 atom stereocenters. The van der Waals surface area contributed by atoms with Crippen molar-refractivity contribution in [1.82, 2.24) is 9.80 Å². The highest BCUT2D eigenvalue weighted by molar-refractivity contribution is 5.94. The summed E-state index contributed by atoms with van der Waals surface area (Å²) in [5, 5.41) is 9.23. The zero-order valence-electron chi connectivity index (χ0n) is 12.7. The molecule has 0 aliphatic carbocycles. The van der Waals surface area contributed by atoms with Gasteiger partial charge in [-0.25, -0.2) is 4.39 Å². The molecule has 0 bridgehead atoms. The molecule has 2 rings (SSSR count). The van der Waals surface area contributed by atoms with Gasteiger partial charge in [-0.15, -0.1) is 0 Å². The van der Waals surface area contributed by atoms with E-state index in [9.17, 15) is 14.3 Å². The van der Waals surface area contributed by atoms with E-state index >= 15 is 0 Å². The van der Waals surface area contributed by atoms with Crippen molar-refractivity contribution in [2.75, 3.05) is 33.3 Å². The Morgan fingerprint density at radius 1 is 1.43 bits per heavy atom. The number of carbonyl (C=O) groups excluding carboxylic acids is 1. The highest BCUT2D eigenvalue weighted by Gasteiger charge is 2.28. The number of rotatable bonds is 4. The topological polar surface area (TPSA) is 43.8 Å². The van der Waals surface area contributed by atoms with E-state index in [4.69, 9.17) is 0 Å². The predicted octanol–water partition coefficient (Wildman–Crippen LogP) is 1.66. The summed E-state index contributed by atoms with van der Waals surface area (Å²) in [6, 6.07) is 4.72. The first-order valence-electron chi connectivity index (χ1n) is 7.39. The molecule has 1 amide bonds. The second-order valence-electron chi connectivity index (χ2n) is 5.74. The quantitative estimate of drug-likeness (QED) is 0.918. The highest BCUT2D eigenvalue weighted by atomic mass is 19.1. The minimum absolute atomic E-state index is 0.0709. The van der Waals surface area contributed by atoms with Crippen LogP contribution in [0.25, 0.3) is 0 Å². The molecule has 21 heavy (non-hydrogen) atoms. The van der Waals surface area contributed by atoms with Gasteiger partial charge in [0.15, 0.2) is 0 Å². The number of hydrogen-bond acceptors (Lipinski definition) is 3. The molecule has 5 heteroatoms. The summed E-state index contributed by atoms with van der Waals surface area (Å²) in [5.41, 5.74) is 0.880. The maximum atomic E-state index is 14.0. The van der Waals surface area contributed by atoms with Crippen molar-refractivity contribution in [2.24, 2.45) is 0 Å². The number of aliphatic hydroxyl groups is 1. The van der Waals surface area contributed by atoms with Crippen molar-refractivity contribution in [2.45, 2.75) is 25.8 Å². The van der Waals surface area contributed by atoms with Gasteiger partial charge in [0, 0.05) is 12.6 Å². The molecule has 0 aromatic heterocycles. The van der Waals surface area contributed by atoms with Crippen molar-refractivity contribution in [3.8, 4) is 0 Å². The number of aliphatic hydroxyl groups excluding tert-OH is 1. The van der Waals surface area contributed by atoms with Crippen LogP contribution in [0.15, 0.2) is 18.2 Å². The van der Waals surface area contributed by atoms with Crippen LogP contribution in [0.3, 0.4) is 0 Å². The molecule has 0 radical (unpaired) electrons. The van der Waals surface area contributed by atoms with Crippen LogP contribution in [0, 0.1) is 12.7 Å². The minimum atomic E-state index is -0.490. The van der Waals surface area contributed by atoms with Crippen LogP contribution in [-0.2, 0) is 0 Å². The SMILES string of the molecule is Cc1ccc(C(=O)N(CCO)C2CCN(C)CC2)c(F)c1. The predicted molar refractivity (Wildman–Crippen MR) is 79.8 cm³/mol. The largest absolute Gasteiger partial charge is 0.395 e. The van der Waals surface area contributed by atoms with E-state index in [1.54, 1.807) is 17.9 Å². The van der Waals surface area contributed by atoms with Gasteiger partial charge >= 0.3 is 0 Å². The first-order valence-corrected chi connectivity index (χ1v) is 7.39. The van der Waals surface area contributed by atoms with Crippen molar-refractivity contribution < 1.29 is 14.3 Å². The number of benzene rings is 1. The van der Waals surface area contributed by atoms with Gasteiger partial charge in [-0.2, -0.15) is 0 Å². The Bertz CT molecular complexity index is 499. The number of halogens is 1. The molecule has 1 aliphatic heterocycles. The highest BCUT2D eigenvalue weighted by Crippen LogP contribution is 2.20. The van der Waals surface area contributed by atoms with Crippen LogP contribution in [0.1, 0.15) is 28.8 Å². The van der Waals surface area contributed by atoms with Gasteiger partial charge in [-0.05, 0) is 57.6 Å². The standard InChI is InChI=1S/C16H23FN2O2/c1-12-3-4-14(15(17)11-12)16(21)19(9-10-20)13-5-7-18(2)8-6-13/h3-4,11,13,20H,5-10H2,1-2H3. The molecule has 1 N–H and O–H groups in total. The lowest BCUT2D eigenvalue weighted by molar-refractivity contribution is 0.0535. The molecule has 1 aliphatic rings. The van der Waals surface area contributed by atoms with Gasteiger partial charge in [0.05, 0.1) is 12.2 Å². The Labute approximate surface area is 125 Å². The number of carbonyl (C=O) groups is 1. The van der Waals surface area contributed by atoms with E-state index < -0.39 is 5.82 Å². The summed E-state index contributed by atoms with van der Waals surface area (Å²) in [7, 11) is 2.05. The summed E-state index contributed by atoms with van der Waals surface area (Å²) in [6.45, 7) is 3.76. The van der Waals surface area contributed by atoms with Gasteiger partial charge < -0.3 is 14.9 Å². The van der Waals surface area contributed by atoms with E-state index in [0.717, 1.165) is 31.5 Å². The van der Waals surface area contributed by atoms with E-state index in [1.165, 1.54) is 12.1 Å². The fourth-order valence-corrected chi connectivity index (χ4v) is 2.81. The zero-order chi connectivity index (χ0) is 15.4. The average Bonchev–Trinajstić information content (AvgIpc) is 2.45. The summed E-state index contributed by atoms with van der Waals surface area (Å²) in [6.07, 6.45) is 1.71. The molecule has 116 valence electrons. The van der Waals surface area contributed by atoms with Gasteiger partial charge in [0.1, 0.15) is 5.82 Å². The third-order valence-corrected chi connectivity index (χ3v) is 4.09. The Kier molecular flexibility index (Phi) is 5.31. The van der Waals surface area contributed by atoms with Gasteiger partial charge in [-0.1, -0.05) is 6.07 Å². The Morgan fingerprint density at radius 2 is 2.10 bits per heavy atom. The Balaban J connectivity index is 2.18. The normalized spacial score (nSPS) is 17.0. The monoisotopic (exact) mass is 294 g/mol. The zero-order valence-corrected chi connectivity index (χ0v) is 12.7. The number of piperidine rings is 1. The van der Waals surface area contributed by atoms with Crippen LogP contribution in [0.5, 0.6) is 0 Å². The molecule has 1 aromatic rings. The van der Waals surface area contributed by atoms with Crippen LogP contribution < -0.4 is 0 Å². The lowest BCUT2D eigenvalue weighted by Crippen LogP contribution is -2.47. The maximum absolute atomic E-state index is 14.0. The molecular formula is C16H23FN2O2. The molecule has 0 spiro atoms. The van der Waals surface area contributed by atoms with Gasteiger partial charge in [0.25, 0.3) is 5.91 Å². The summed E-state index contributed by atoms with van der Waals surface area (Å²) < 4.78 is 14.0. The lowest BCUT2D eigenvalue weighted by atomic mass is 10.0. The van der Waals surface area contributed by atoms with Crippen molar-refractivity contribution in [3.05, 3.63) is 35.1 Å². The summed E-state index contributed by atoms with van der Waals surface area (Å²) in [4.78, 5) is 16.4. The molecular weight excluding hydrogens is 271 g/mol. The summed E-state index contributed by atoms with van der Waals surface area (Å²) >= 11 is 0. The smallest absolute Gasteiger partial charge is 0.257 e. The van der Waals surface area contributed by atoms with Crippen molar-refractivity contribution in [3.63, 3.8) is 0 Å². The first-order chi connectivity index (χ1) is 10.0. The molecule has 4 nitrogen and oxygen atoms in total. The third-order valence-electron chi connectivity index (χ3n) is 4.09. The van der Waals surface area contributed by atoms with Gasteiger partial charge in [-0.3, -0.25) is 4.79 Å². The molecule has 1 aromatic carbocycles. The first kappa shape index (κ1) is 15.9. The molecule has 0 saturated carbocycles. The second kappa shape index (κ2) is 7.00. The molecule has 1 fully saturated rings. The lowest BCUT2D eigenvalue weighted by Gasteiger charge is -2.37. The Morgan fingerprint density at radius 3 is 2.67 bits per heavy atom. The van der Waals surface area contributed by atoms with Crippen LogP contribution in [-0.4, -0.2) is 60.1 Å². The van der Waals surface area contributed by atoms with Gasteiger partial charge in [0.2, 0.25) is 0 Å². The van der Waals surface area contributed by atoms with Crippen molar-refractivity contribution in [1.29, 1.82) is 0 Å². The third kappa shape index (κ3) is 3.80. The number of aryl methyl sites for hydroxylation is 1. The maximum Gasteiger partial charge on any atom is 0.257 e. The Hall–Kier alpha value is -1.46. The summed E-state index contributed by atoms with van der Waals surface area (Å²) in [5.74, 6) is -0.813. The van der Waals surface area contributed by atoms with Crippen LogP contribution in [0.4, 0.5) is 4.39 Å².